The van der Waals surface area contributed by atoms with Crippen LogP contribution in [0, 0.1) is 12.7 Å². The molecule has 2 aromatic heterocycles. The molecule has 6 heteroatoms. The van der Waals surface area contributed by atoms with E-state index in [9.17, 15) is 9.18 Å². The van der Waals surface area contributed by atoms with E-state index in [1.165, 1.54) is 6.07 Å². The first-order valence-electron chi connectivity index (χ1n) is 5.44. The number of aliphatic carboxylic acids is 1. The van der Waals surface area contributed by atoms with Crippen molar-refractivity contribution in [2.75, 3.05) is 0 Å². The normalized spacial score (nSPS) is 11.4. The highest BCUT2D eigenvalue weighted by molar-refractivity contribution is 5.81. The molecule has 1 aromatic carbocycles. The van der Waals surface area contributed by atoms with E-state index in [-0.39, 0.29) is 11.9 Å². The molecule has 2 N–H and O–H groups in total. The van der Waals surface area contributed by atoms with Crippen molar-refractivity contribution in [3.05, 3.63) is 35.4 Å². The van der Waals surface area contributed by atoms with Gasteiger partial charge in [-0.05, 0) is 19.1 Å². The number of nitrogens with zero attached hydrogens (tertiary/aromatic N) is 2. The maximum absolute atomic E-state index is 13.6. The van der Waals surface area contributed by atoms with Crippen molar-refractivity contribution >= 4 is 22.8 Å². The number of aromatic amines is 1. The maximum atomic E-state index is 13.6. The highest BCUT2D eigenvalue weighted by Gasteiger charge is 2.17. The topological polar surface area (TPSA) is 70.4 Å². The fourth-order valence-corrected chi connectivity index (χ4v) is 2.18. The summed E-state index contributed by atoms with van der Waals surface area (Å²) in [6.07, 6.45) is -0.131. The third-order valence-electron chi connectivity index (χ3n) is 2.96. The van der Waals surface area contributed by atoms with Crippen LogP contribution < -0.4 is 0 Å². The molecule has 2 heterocycles. The summed E-state index contributed by atoms with van der Waals surface area (Å²) in [5, 5.41) is 8.91. The molecular formula is C12H10FN3O2. The Morgan fingerprint density at radius 1 is 1.56 bits per heavy atom. The van der Waals surface area contributed by atoms with Gasteiger partial charge in [-0.3, -0.25) is 9.20 Å². The lowest BCUT2D eigenvalue weighted by molar-refractivity contribution is -0.136. The van der Waals surface area contributed by atoms with Crippen LogP contribution in [0.15, 0.2) is 18.2 Å². The number of hydrogen-bond donors (Lipinski definition) is 2. The van der Waals surface area contributed by atoms with Crippen LogP contribution in [-0.2, 0) is 11.2 Å². The number of H-pyrrole nitrogens is 1. The molecule has 0 unspecified atom stereocenters. The zero-order chi connectivity index (χ0) is 12.9. The number of fused-ring (bicyclic) bond motifs is 3. The van der Waals surface area contributed by atoms with E-state index in [0.29, 0.717) is 17.0 Å². The molecule has 3 rings (SSSR count). The van der Waals surface area contributed by atoms with Crippen molar-refractivity contribution in [2.24, 2.45) is 0 Å². The average molecular weight is 247 g/mol. The second-order valence-electron chi connectivity index (χ2n) is 4.15. The lowest BCUT2D eigenvalue weighted by atomic mass is 10.2. The molecule has 92 valence electrons. The Bertz CT molecular complexity index is 772. The average Bonchev–Trinajstić information content (AvgIpc) is 2.78. The molecule has 0 aliphatic heterocycles. The summed E-state index contributed by atoms with van der Waals surface area (Å²) >= 11 is 0. The molecule has 0 aliphatic rings. The third-order valence-corrected chi connectivity index (χ3v) is 2.96. The van der Waals surface area contributed by atoms with Crippen LogP contribution in [0.5, 0.6) is 0 Å². The number of carboxylic acids is 1. The number of hydrogen-bond acceptors (Lipinski definition) is 2. The van der Waals surface area contributed by atoms with Crippen molar-refractivity contribution in [1.82, 2.24) is 14.4 Å². The van der Waals surface area contributed by atoms with Gasteiger partial charge in [-0.2, -0.15) is 0 Å². The van der Waals surface area contributed by atoms with Crippen LogP contribution in [0.2, 0.25) is 0 Å². The molecule has 0 saturated heterocycles. The fraction of sp³-hybridized carbons (Fsp3) is 0.167. The Hall–Kier alpha value is -2.37. The number of aryl methyl sites for hydroxylation is 1. The van der Waals surface area contributed by atoms with Gasteiger partial charge in [0.25, 0.3) is 0 Å². The first kappa shape index (κ1) is 10.8. The third kappa shape index (κ3) is 1.38. The standard InChI is InChI=1S/C12H10FN3O2/c1-6-9(5-10(17)18)16-8-4-2-3-7(13)11(8)15-12(16)14-6/h2-4H,5H2,1H3,(H,14,15)(H,17,18). The van der Waals surface area contributed by atoms with Gasteiger partial charge in [0.15, 0.2) is 5.82 Å². The van der Waals surface area contributed by atoms with Gasteiger partial charge in [-0.15, -0.1) is 0 Å². The molecule has 0 radical (unpaired) electrons. The second kappa shape index (κ2) is 3.56. The molecule has 0 fully saturated rings. The zero-order valence-electron chi connectivity index (χ0n) is 9.57. The number of rotatable bonds is 2. The molecule has 0 amide bonds. The van der Waals surface area contributed by atoms with Crippen molar-refractivity contribution in [1.29, 1.82) is 0 Å². The Morgan fingerprint density at radius 2 is 2.33 bits per heavy atom. The number of halogens is 1. The number of para-hydroxylation sites is 1. The highest BCUT2D eigenvalue weighted by atomic mass is 19.1. The summed E-state index contributed by atoms with van der Waals surface area (Å²) in [4.78, 5) is 18.0. The largest absolute Gasteiger partial charge is 0.481 e. The van der Waals surface area contributed by atoms with Crippen LogP contribution in [0.3, 0.4) is 0 Å². The van der Waals surface area contributed by atoms with Crippen LogP contribution in [0.1, 0.15) is 11.4 Å². The first-order valence-corrected chi connectivity index (χ1v) is 5.44. The highest BCUT2D eigenvalue weighted by Crippen LogP contribution is 2.22. The minimum absolute atomic E-state index is 0.131. The first-order chi connectivity index (χ1) is 8.58. The van der Waals surface area contributed by atoms with Gasteiger partial charge in [-0.1, -0.05) is 6.07 Å². The lowest BCUT2D eigenvalue weighted by Crippen LogP contribution is -2.04. The van der Waals surface area contributed by atoms with Crippen LogP contribution in [-0.4, -0.2) is 25.4 Å². The van der Waals surface area contributed by atoms with Gasteiger partial charge in [0.05, 0.1) is 17.6 Å². The summed E-state index contributed by atoms with van der Waals surface area (Å²) in [5.74, 6) is -0.885. The molecule has 3 aromatic rings. The van der Waals surface area contributed by atoms with Crippen molar-refractivity contribution in [3.8, 4) is 0 Å². The van der Waals surface area contributed by atoms with Gasteiger partial charge < -0.3 is 10.1 Å². The van der Waals surface area contributed by atoms with Gasteiger partial charge in [0, 0.05) is 5.69 Å². The summed E-state index contributed by atoms with van der Waals surface area (Å²) in [7, 11) is 0. The number of imidazole rings is 2. The Kier molecular flexibility index (Phi) is 2.13. The number of nitrogens with one attached hydrogen (secondary N) is 1. The van der Waals surface area contributed by atoms with E-state index in [1.807, 2.05) is 0 Å². The van der Waals surface area contributed by atoms with Crippen molar-refractivity contribution < 1.29 is 14.3 Å². The summed E-state index contributed by atoms with van der Waals surface area (Å²) in [6.45, 7) is 1.78. The summed E-state index contributed by atoms with van der Waals surface area (Å²) in [5.41, 5.74) is 2.14. The molecule has 0 spiro atoms. The SMILES string of the molecule is Cc1[nH]c2nc3c(F)cccc3n2c1CC(=O)O. The molecule has 0 bridgehead atoms. The predicted octanol–water partition coefficient (Wildman–Crippen LogP) is 1.89. The van der Waals surface area contributed by atoms with Crippen molar-refractivity contribution in [2.45, 2.75) is 13.3 Å². The minimum Gasteiger partial charge on any atom is -0.481 e. The molecule has 18 heavy (non-hydrogen) atoms. The Labute approximate surface area is 101 Å². The lowest BCUT2D eigenvalue weighted by Gasteiger charge is -1.99. The molecule has 0 aliphatic carbocycles. The van der Waals surface area contributed by atoms with E-state index < -0.39 is 11.8 Å². The van der Waals surface area contributed by atoms with Gasteiger partial charge in [0.1, 0.15) is 5.52 Å². The number of aromatic nitrogens is 3. The predicted molar refractivity (Wildman–Crippen MR) is 63.1 cm³/mol. The maximum Gasteiger partial charge on any atom is 0.309 e. The molecule has 5 nitrogen and oxygen atoms in total. The molecular weight excluding hydrogens is 237 g/mol. The van der Waals surface area contributed by atoms with Crippen molar-refractivity contribution in [3.63, 3.8) is 0 Å². The molecule has 0 atom stereocenters. The van der Waals surface area contributed by atoms with E-state index in [4.69, 9.17) is 5.11 Å². The van der Waals surface area contributed by atoms with Crippen LogP contribution >= 0.6 is 0 Å². The number of benzene rings is 1. The summed E-state index contributed by atoms with van der Waals surface area (Å²) < 4.78 is 15.2. The second-order valence-corrected chi connectivity index (χ2v) is 4.15. The van der Waals surface area contributed by atoms with Gasteiger partial charge >= 0.3 is 5.97 Å². The minimum atomic E-state index is -0.933. The monoisotopic (exact) mass is 247 g/mol. The number of carboxylic acid groups (broad SMARTS) is 1. The Balaban J connectivity index is 2.41. The number of carbonyl (C=O) groups is 1. The van der Waals surface area contributed by atoms with E-state index in [0.717, 1.165) is 5.69 Å². The zero-order valence-corrected chi connectivity index (χ0v) is 9.57. The smallest absolute Gasteiger partial charge is 0.309 e. The van der Waals surface area contributed by atoms with Crippen LogP contribution in [0.25, 0.3) is 16.8 Å². The van der Waals surface area contributed by atoms with Gasteiger partial charge in [0.2, 0.25) is 5.78 Å². The van der Waals surface area contributed by atoms with Crippen LogP contribution in [0.4, 0.5) is 4.39 Å². The fourth-order valence-electron chi connectivity index (χ4n) is 2.18. The van der Waals surface area contributed by atoms with E-state index in [2.05, 4.69) is 9.97 Å². The molecule has 0 saturated carbocycles. The van der Waals surface area contributed by atoms with E-state index >= 15 is 0 Å². The Morgan fingerprint density at radius 3 is 3.06 bits per heavy atom. The van der Waals surface area contributed by atoms with E-state index in [1.54, 1.807) is 23.5 Å². The van der Waals surface area contributed by atoms with Gasteiger partial charge in [-0.25, -0.2) is 9.37 Å². The quantitative estimate of drug-likeness (QED) is 0.726. The summed E-state index contributed by atoms with van der Waals surface area (Å²) in [6, 6.07) is 4.63.